The van der Waals surface area contributed by atoms with Gasteiger partial charge in [-0.05, 0) is 58.4 Å². The van der Waals surface area contributed by atoms with Crippen molar-refractivity contribution < 1.29 is 4.74 Å². The molecule has 2 heterocycles. The number of thiophene rings is 1. The number of ether oxygens (including phenoxy) is 1. The highest BCUT2D eigenvalue weighted by Crippen LogP contribution is 2.38. The molecule has 1 aromatic heterocycles. The van der Waals surface area contributed by atoms with Crippen molar-refractivity contribution in [2.75, 3.05) is 0 Å². The Bertz CT molecular complexity index is 620. The molecule has 0 radical (unpaired) electrons. The van der Waals surface area contributed by atoms with Gasteiger partial charge in [0.1, 0.15) is 11.4 Å². The summed E-state index contributed by atoms with van der Waals surface area (Å²) < 4.78 is 6.98. The summed E-state index contributed by atoms with van der Waals surface area (Å²) in [5, 5.41) is 2.05. The van der Waals surface area contributed by atoms with Crippen molar-refractivity contribution in [1.29, 1.82) is 0 Å². The van der Waals surface area contributed by atoms with E-state index < -0.39 is 0 Å². The predicted molar refractivity (Wildman–Crippen MR) is 82.9 cm³/mol. The highest BCUT2D eigenvalue weighted by molar-refractivity contribution is 9.10. The number of rotatable bonds is 2. The van der Waals surface area contributed by atoms with Gasteiger partial charge in [0.25, 0.3) is 0 Å². The van der Waals surface area contributed by atoms with Gasteiger partial charge in [-0.15, -0.1) is 11.3 Å². The molecule has 0 saturated heterocycles. The molecule has 1 unspecified atom stereocenters. The lowest BCUT2D eigenvalue weighted by Crippen LogP contribution is -2.24. The summed E-state index contributed by atoms with van der Waals surface area (Å²) in [6.45, 7) is 4.23. The lowest BCUT2D eigenvalue weighted by atomic mass is 9.97. The van der Waals surface area contributed by atoms with Crippen molar-refractivity contribution in [3.63, 3.8) is 0 Å². The minimum absolute atomic E-state index is 0.0802. The minimum Gasteiger partial charge on any atom is -0.487 e. The first-order valence-electron chi connectivity index (χ1n) is 6.26. The van der Waals surface area contributed by atoms with Crippen LogP contribution in [-0.2, 0) is 6.42 Å². The van der Waals surface area contributed by atoms with Gasteiger partial charge < -0.3 is 10.5 Å². The zero-order chi connectivity index (χ0) is 13.6. The summed E-state index contributed by atoms with van der Waals surface area (Å²) in [6, 6.07) is 8.25. The number of benzene rings is 1. The molecule has 1 aliphatic heterocycles. The third-order valence-corrected chi connectivity index (χ3v) is 5.33. The molecule has 19 heavy (non-hydrogen) atoms. The maximum absolute atomic E-state index is 6.36. The Balaban J connectivity index is 1.94. The van der Waals surface area contributed by atoms with Crippen LogP contribution >= 0.6 is 27.3 Å². The van der Waals surface area contributed by atoms with E-state index in [9.17, 15) is 0 Å². The van der Waals surface area contributed by atoms with E-state index in [-0.39, 0.29) is 11.6 Å². The van der Waals surface area contributed by atoms with Crippen LogP contribution in [0.2, 0.25) is 0 Å². The lowest BCUT2D eigenvalue weighted by Gasteiger charge is -2.16. The molecule has 0 bridgehead atoms. The molecule has 0 aliphatic carbocycles. The summed E-state index contributed by atoms with van der Waals surface area (Å²) in [5.74, 6) is 0.992. The molecule has 100 valence electrons. The quantitative estimate of drug-likeness (QED) is 0.887. The lowest BCUT2D eigenvalue weighted by molar-refractivity contribution is 0.138. The maximum Gasteiger partial charge on any atom is 0.123 e. The topological polar surface area (TPSA) is 35.2 Å². The van der Waals surface area contributed by atoms with Gasteiger partial charge in [-0.2, -0.15) is 0 Å². The molecule has 1 aliphatic rings. The first-order chi connectivity index (χ1) is 8.96. The molecule has 4 heteroatoms. The van der Waals surface area contributed by atoms with E-state index in [1.165, 1.54) is 5.56 Å². The zero-order valence-electron chi connectivity index (χ0n) is 10.9. The number of nitrogens with two attached hydrogens (primary N) is 1. The number of hydrogen-bond donors (Lipinski definition) is 1. The standard InChI is InChI=1S/C15H16BrNOS/c1-15(2)8-10-7-9(3-4-12(10)18-15)13(17)14-11(16)5-6-19-14/h3-7,13H,8,17H2,1-2H3. The van der Waals surface area contributed by atoms with E-state index in [1.807, 2.05) is 12.1 Å². The van der Waals surface area contributed by atoms with Crippen LogP contribution in [0.15, 0.2) is 34.1 Å². The van der Waals surface area contributed by atoms with Crippen LogP contribution in [0.3, 0.4) is 0 Å². The number of halogens is 1. The normalized spacial score (nSPS) is 17.9. The fourth-order valence-corrected chi connectivity index (χ4v) is 4.15. The van der Waals surface area contributed by atoms with E-state index >= 15 is 0 Å². The van der Waals surface area contributed by atoms with E-state index in [4.69, 9.17) is 10.5 Å². The molecule has 1 atom stereocenters. The van der Waals surface area contributed by atoms with E-state index in [1.54, 1.807) is 11.3 Å². The SMILES string of the molecule is CC1(C)Cc2cc(C(N)c3sccc3Br)ccc2O1. The number of fused-ring (bicyclic) bond motifs is 1. The smallest absolute Gasteiger partial charge is 0.123 e. The molecule has 0 spiro atoms. The minimum atomic E-state index is -0.103. The molecule has 2 N–H and O–H groups in total. The van der Waals surface area contributed by atoms with Gasteiger partial charge in [0.2, 0.25) is 0 Å². The molecular weight excluding hydrogens is 322 g/mol. The largest absolute Gasteiger partial charge is 0.487 e. The van der Waals surface area contributed by atoms with Gasteiger partial charge in [0.05, 0.1) is 6.04 Å². The number of hydrogen-bond acceptors (Lipinski definition) is 3. The third kappa shape index (κ3) is 2.45. The van der Waals surface area contributed by atoms with Gasteiger partial charge in [-0.25, -0.2) is 0 Å². The first kappa shape index (κ1) is 13.2. The monoisotopic (exact) mass is 337 g/mol. The van der Waals surface area contributed by atoms with E-state index in [0.717, 1.165) is 27.1 Å². The molecule has 2 nitrogen and oxygen atoms in total. The maximum atomic E-state index is 6.36. The first-order valence-corrected chi connectivity index (χ1v) is 7.94. The van der Waals surface area contributed by atoms with Gasteiger partial charge in [-0.3, -0.25) is 0 Å². The fraction of sp³-hybridized carbons (Fsp3) is 0.333. The Kier molecular flexibility index (Phi) is 3.20. The molecule has 3 rings (SSSR count). The second-order valence-electron chi connectivity index (χ2n) is 5.52. The molecule has 0 fully saturated rings. The Morgan fingerprint density at radius 2 is 2.16 bits per heavy atom. The summed E-state index contributed by atoms with van der Waals surface area (Å²) in [4.78, 5) is 1.16. The molecule has 0 amide bonds. The average molecular weight is 338 g/mol. The second kappa shape index (κ2) is 4.62. The Morgan fingerprint density at radius 3 is 2.84 bits per heavy atom. The summed E-state index contributed by atoms with van der Waals surface area (Å²) >= 11 is 5.23. The molecular formula is C15H16BrNOS. The van der Waals surface area contributed by atoms with Gasteiger partial charge in [0, 0.05) is 15.8 Å². The van der Waals surface area contributed by atoms with Crippen LogP contribution in [0.4, 0.5) is 0 Å². The second-order valence-corrected chi connectivity index (χ2v) is 7.32. The van der Waals surface area contributed by atoms with Crippen molar-refractivity contribution in [3.8, 4) is 5.75 Å². The Morgan fingerprint density at radius 1 is 1.37 bits per heavy atom. The van der Waals surface area contributed by atoms with Crippen LogP contribution in [-0.4, -0.2) is 5.60 Å². The zero-order valence-corrected chi connectivity index (χ0v) is 13.3. The summed E-state index contributed by atoms with van der Waals surface area (Å²) in [6.07, 6.45) is 0.939. The Labute approximate surface area is 125 Å². The van der Waals surface area contributed by atoms with E-state index in [0.29, 0.717) is 0 Å². The van der Waals surface area contributed by atoms with Crippen molar-refractivity contribution in [3.05, 3.63) is 50.1 Å². The van der Waals surface area contributed by atoms with Crippen LogP contribution in [0.25, 0.3) is 0 Å². The van der Waals surface area contributed by atoms with E-state index in [2.05, 4.69) is 47.3 Å². The van der Waals surface area contributed by atoms with Crippen LogP contribution in [0.5, 0.6) is 5.75 Å². The van der Waals surface area contributed by atoms with Gasteiger partial charge in [-0.1, -0.05) is 12.1 Å². The average Bonchev–Trinajstić information content (AvgIpc) is 2.88. The third-order valence-electron chi connectivity index (χ3n) is 3.37. The molecule has 2 aromatic rings. The van der Waals surface area contributed by atoms with Crippen LogP contribution in [0.1, 0.15) is 35.9 Å². The summed E-state index contributed by atoms with van der Waals surface area (Å²) in [7, 11) is 0. The van der Waals surface area contributed by atoms with Crippen molar-refractivity contribution in [2.24, 2.45) is 5.73 Å². The fourth-order valence-electron chi connectivity index (χ4n) is 2.50. The predicted octanol–water partition coefficient (Wildman–Crippen LogP) is 4.27. The van der Waals surface area contributed by atoms with Crippen LogP contribution < -0.4 is 10.5 Å². The van der Waals surface area contributed by atoms with Crippen molar-refractivity contribution >= 4 is 27.3 Å². The highest BCUT2D eigenvalue weighted by Gasteiger charge is 2.30. The van der Waals surface area contributed by atoms with Crippen LogP contribution in [0, 0.1) is 0 Å². The summed E-state index contributed by atoms with van der Waals surface area (Å²) in [5.41, 5.74) is 8.66. The molecule has 1 aromatic carbocycles. The van der Waals surface area contributed by atoms with Gasteiger partial charge in [0.15, 0.2) is 0 Å². The Hall–Kier alpha value is -0.840. The van der Waals surface area contributed by atoms with Crippen molar-refractivity contribution in [2.45, 2.75) is 31.9 Å². The van der Waals surface area contributed by atoms with Gasteiger partial charge >= 0.3 is 0 Å². The highest BCUT2D eigenvalue weighted by atomic mass is 79.9. The molecule has 0 saturated carbocycles. The van der Waals surface area contributed by atoms with Crippen molar-refractivity contribution in [1.82, 2.24) is 0 Å².